The predicted octanol–water partition coefficient (Wildman–Crippen LogP) is 3.09. The number of anilines is 2. The molecule has 0 atom stereocenters. The maximum atomic E-state index is 13.0. The molecule has 3 N–H and O–H groups in total. The third-order valence-electron chi connectivity index (χ3n) is 4.36. The van der Waals surface area contributed by atoms with Crippen LogP contribution in [0.5, 0.6) is 0 Å². The lowest BCUT2D eigenvalue weighted by Crippen LogP contribution is -2.17. The lowest BCUT2D eigenvalue weighted by atomic mass is 10.2. The van der Waals surface area contributed by atoms with Gasteiger partial charge in [0, 0.05) is 18.3 Å². The third-order valence-corrected chi connectivity index (χ3v) is 4.36. The van der Waals surface area contributed by atoms with Crippen molar-refractivity contribution in [3.8, 4) is 0 Å². The van der Waals surface area contributed by atoms with E-state index in [-0.39, 0.29) is 17.2 Å². The first kappa shape index (κ1) is 17.7. The molecule has 28 heavy (non-hydrogen) atoms. The molecule has 2 heterocycles. The molecule has 2 aromatic carbocycles. The maximum Gasteiger partial charge on any atom is 0.274 e. The van der Waals surface area contributed by atoms with Crippen molar-refractivity contribution >= 4 is 17.4 Å². The van der Waals surface area contributed by atoms with Crippen molar-refractivity contribution < 1.29 is 4.39 Å². The van der Waals surface area contributed by atoms with Crippen LogP contribution in [0, 0.1) is 12.7 Å². The highest BCUT2D eigenvalue weighted by Crippen LogP contribution is 2.14. The van der Waals surface area contributed by atoms with E-state index >= 15 is 0 Å². The average Bonchev–Trinajstić information content (AvgIpc) is 3.11. The Bertz CT molecular complexity index is 1170. The van der Waals surface area contributed by atoms with Gasteiger partial charge in [-0.25, -0.2) is 9.37 Å². The van der Waals surface area contributed by atoms with E-state index in [0.717, 1.165) is 16.8 Å². The molecule has 0 aliphatic heterocycles. The van der Waals surface area contributed by atoms with Crippen molar-refractivity contribution in [2.45, 2.75) is 20.0 Å². The normalized spacial score (nSPS) is 10.9. The standard InChI is InChI=1S/C20H19FN6O/c1-13-4-2-3-5-17(13)22-12-16-10-18(28)27-20(24-16)25-19(26-27)23-11-14-6-8-15(21)9-7-14/h2-10,22H,11-12H2,1H3,(H2,23,24,25,26). The van der Waals surface area contributed by atoms with Crippen LogP contribution in [-0.4, -0.2) is 19.6 Å². The highest BCUT2D eigenvalue weighted by Gasteiger charge is 2.08. The second kappa shape index (κ2) is 7.51. The zero-order valence-electron chi connectivity index (χ0n) is 15.2. The van der Waals surface area contributed by atoms with E-state index < -0.39 is 0 Å². The number of hydrogen-bond donors (Lipinski definition) is 3. The minimum absolute atomic E-state index is 0.242. The molecule has 0 bridgehead atoms. The second-order valence-corrected chi connectivity index (χ2v) is 6.44. The molecule has 0 saturated heterocycles. The number of benzene rings is 2. The zero-order chi connectivity index (χ0) is 19.5. The van der Waals surface area contributed by atoms with Gasteiger partial charge in [0.2, 0.25) is 5.95 Å². The van der Waals surface area contributed by atoms with Gasteiger partial charge >= 0.3 is 0 Å². The molecule has 0 amide bonds. The Morgan fingerprint density at radius 1 is 1.04 bits per heavy atom. The molecule has 0 aliphatic rings. The van der Waals surface area contributed by atoms with Gasteiger partial charge < -0.3 is 10.6 Å². The van der Waals surface area contributed by atoms with Crippen LogP contribution in [0.1, 0.15) is 16.8 Å². The number of aromatic amines is 1. The Balaban J connectivity index is 1.49. The maximum absolute atomic E-state index is 13.0. The summed E-state index contributed by atoms with van der Waals surface area (Å²) in [4.78, 5) is 21.1. The molecule has 0 fully saturated rings. The fraction of sp³-hybridized carbons (Fsp3) is 0.150. The number of fused-ring (bicyclic) bond motifs is 1. The van der Waals surface area contributed by atoms with Crippen LogP contribution < -0.4 is 16.2 Å². The lowest BCUT2D eigenvalue weighted by Gasteiger charge is -2.08. The molecule has 0 unspecified atom stereocenters. The van der Waals surface area contributed by atoms with Gasteiger partial charge in [-0.05, 0) is 36.2 Å². The van der Waals surface area contributed by atoms with Crippen LogP contribution in [0.3, 0.4) is 0 Å². The zero-order valence-corrected chi connectivity index (χ0v) is 15.2. The van der Waals surface area contributed by atoms with E-state index in [4.69, 9.17) is 0 Å². The summed E-state index contributed by atoms with van der Waals surface area (Å²) in [5.41, 5.74) is 3.37. The second-order valence-electron chi connectivity index (χ2n) is 6.44. The number of halogens is 1. The van der Waals surface area contributed by atoms with Crippen LogP contribution in [-0.2, 0) is 13.1 Å². The number of rotatable bonds is 6. The summed E-state index contributed by atoms with van der Waals surface area (Å²) in [5.74, 6) is 0.420. The molecule has 0 spiro atoms. The van der Waals surface area contributed by atoms with Crippen LogP contribution in [0.15, 0.2) is 59.4 Å². The molecular formula is C20H19FN6O. The number of nitrogens with one attached hydrogen (secondary N) is 3. The van der Waals surface area contributed by atoms with Crippen LogP contribution >= 0.6 is 0 Å². The van der Waals surface area contributed by atoms with E-state index in [0.29, 0.717) is 24.7 Å². The fourth-order valence-electron chi connectivity index (χ4n) is 2.84. The molecule has 4 aromatic rings. The van der Waals surface area contributed by atoms with Crippen molar-refractivity contribution in [2.75, 3.05) is 10.6 Å². The Morgan fingerprint density at radius 2 is 1.82 bits per heavy atom. The number of H-pyrrole nitrogens is 1. The summed E-state index contributed by atoms with van der Waals surface area (Å²) in [6.45, 7) is 2.87. The number of nitrogens with zero attached hydrogens (tertiary/aromatic N) is 3. The molecule has 0 saturated carbocycles. The number of para-hydroxylation sites is 1. The minimum atomic E-state index is -0.282. The molecule has 2 aromatic heterocycles. The lowest BCUT2D eigenvalue weighted by molar-refractivity contribution is 0.627. The van der Waals surface area contributed by atoms with Gasteiger partial charge in [-0.2, -0.15) is 9.50 Å². The summed E-state index contributed by atoms with van der Waals surface area (Å²) in [7, 11) is 0. The van der Waals surface area contributed by atoms with Gasteiger partial charge in [-0.3, -0.25) is 9.89 Å². The Kier molecular flexibility index (Phi) is 4.76. The summed E-state index contributed by atoms with van der Waals surface area (Å²) < 4.78 is 14.3. The van der Waals surface area contributed by atoms with Crippen molar-refractivity contribution in [1.82, 2.24) is 19.6 Å². The highest BCUT2D eigenvalue weighted by atomic mass is 19.1. The highest BCUT2D eigenvalue weighted by molar-refractivity contribution is 5.50. The van der Waals surface area contributed by atoms with Gasteiger partial charge in [0.15, 0.2) is 0 Å². The first-order valence-electron chi connectivity index (χ1n) is 8.85. The van der Waals surface area contributed by atoms with Gasteiger partial charge in [-0.15, -0.1) is 0 Å². The van der Waals surface area contributed by atoms with Crippen molar-refractivity contribution in [2.24, 2.45) is 0 Å². The molecule has 8 heteroatoms. The van der Waals surface area contributed by atoms with Crippen molar-refractivity contribution in [1.29, 1.82) is 0 Å². The first-order valence-corrected chi connectivity index (χ1v) is 8.85. The van der Waals surface area contributed by atoms with E-state index in [9.17, 15) is 9.18 Å². The summed E-state index contributed by atoms with van der Waals surface area (Å²) in [6.07, 6.45) is 0. The largest absolute Gasteiger partial charge is 0.379 e. The quantitative estimate of drug-likeness (QED) is 0.480. The van der Waals surface area contributed by atoms with E-state index in [1.54, 1.807) is 12.1 Å². The summed E-state index contributed by atoms with van der Waals surface area (Å²) in [6, 6.07) is 15.6. The van der Waals surface area contributed by atoms with Gasteiger partial charge in [0.05, 0.1) is 12.2 Å². The summed E-state index contributed by atoms with van der Waals surface area (Å²) in [5, 5.41) is 9.24. The Hall–Kier alpha value is -3.68. The molecule has 142 valence electrons. The summed E-state index contributed by atoms with van der Waals surface area (Å²) >= 11 is 0. The first-order chi connectivity index (χ1) is 13.6. The number of aryl methyl sites for hydroxylation is 1. The van der Waals surface area contributed by atoms with Crippen molar-refractivity contribution in [3.05, 3.63) is 87.6 Å². The van der Waals surface area contributed by atoms with Crippen LogP contribution in [0.4, 0.5) is 16.0 Å². The van der Waals surface area contributed by atoms with E-state index in [2.05, 4.69) is 25.7 Å². The molecule has 0 aliphatic carbocycles. The molecule has 4 rings (SSSR count). The number of aromatic nitrogens is 4. The fourth-order valence-corrected chi connectivity index (χ4v) is 2.84. The third kappa shape index (κ3) is 3.85. The predicted molar refractivity (Wildman–Crippen MR) is 106 cm³/mol. The Morgan fingerprint density at radius 3 is 2.61 bits per heavy atom. The van der Waals surface area contributed by atoms with Crippen molar-refractivity contribution in [3.63, 3.8) is 0 Å². The molecule has 7 nitrogen and oxygen atoms in total. The van der Waals surface area contributed by atoms with E-state index in [1.807, 2.05) is 31.2 Å². The van der Waals surface area contributed by atoms with Crippen LogP contribution in [0.25, 0.3) is 5.78 Å². The van der Waals surface area contributed by atoms with Gasteiger partial charge in [0.25, 0.3) is 11.3 Å². The molecular weight excluding hydrogens is 359 g/mol. The smallest absolute Gasteiger partial charge is 0.274 e. The SMILES string of the molecule is Cc1ccccc1NCc1cc(=O)n2[nH]c(NCc3ccc(F)cc3)nc2n1. The average molecular weight is 378 g/mol. The topological polar surface area (TPSA) is 87.1 Å². The van der Waals surface area contributed by atoms with E-state index in [1.165, 1.54) is 22.7 Å². The van der Waals surface area contributed by atoms with Gasteiger partial charge in [0.1, 0.15) is 5.82 Å². The van der Waals surface area contributed by atoms with Gasteiger partial charge in [-0.1, -0.05) is 30.3 Å². The monoisotopic (exact) mass is 378 g/mol. The van der Waals surface area contributed by atoms with Crippen LogP contribution in [0.2, 0.25) is 0 Å². The number of hydrogen-bond acceptors (Lipinski definition) is 5. The Labute approximate surface area is 160 Å². The molecule has 0 radical (unpaired) electrons. The minimum Gasteiger partial charge on any atom is -0.379 e.